The minimum atomic E-state index is -3.83. The number of nitrogens with one attached hydrogen (secondary N) is 1. The molecule has 1 aromatic heterocycles. The molecule has 0 saturated heterocycles. The molecule has 0 radical (unpaired) electrons. The molecule has 0 aliphatic rings. The number of nitrogen functional groups attached to an aromatic ring is 1. The average Bonchev–Trinajstić information content (AvgIpc) is 2.62. The molecule has 21 heavy (non-hydrogen) atoms. The summed E-state index contributed by atoms with van der Waals surface area (Å²) in [5.74, 6) is -0.484. The fourth-order valence-corrected chi connectivity index (χ4v) is 2.44. The third kappa shape index (κ3) is 3.03. The maximum absolute atomic E-state index is 12.2. The van der Waals surface area contributed by atoms with Gasteiger partial charge in [0.25, 0.3) is 5.91 Å². The quantitative estimate of drug-likeness (QED) is 0.745. The Morgan fingerprint density at radius 3 is 2.57 bits per heavy atom. The molecule has 2 rings (SSSR count). The molecule has 2 aromatic rings. The Morgan fingerprint density at radius 2 is 2.05 bits per heavy atom. The minimum Gasteiger partial charge on any atom is -0.395 e. The number of carbonyl (C=O) groups excluding carboxylic acids is 1. The first-order valence-electron chi connectivity index (χ1n) is 5.93. The molecule has 1 amide bonds. The number of anilines is 2. The molecule has 0 fully saturated rings. The van der Waals surface area contributed by atoms with E-state index in [9.17, 15) is 13.2 Å². The van der Waals surface area contributed by atoms with Gasteiger partial charge in [0.2, 0.25) is 10.0 Å². The first-order chi connectivity index (χ1) is 9.70. The van der Waals surface area contributed by atoms with Gasteiger partial charge in [-0.1, -0.05) is 6.07 Å². The zero-order valence-electron chi connectivity index (χ0n) is 11.5. The number of primary sulfonamides is 1. The normalized spacial score (nSPS) is 11.4. The number of sulfonamides is 1. The number of nitrogens with zero attached hydrogens (tertiary/aromatic N) is 2. The molecule has 0 unspecified atom stereocenters. The van der Waals surface area contributed by atoms with Crippen molar-refractivity contribution in [2.24, 2.45) is 12.2 Å². The lowest BCUT2D eigenvalue weighted by Gasteiger charge is -2.07. The Labute approximate surface area is 121 Å². The van der Waals surface area contributed by atoms with Crippen LogP contribution in [0.15, 0.2) is 29.2 Å². The van der Waals surface area contributed by atoms with Crippen molar-refractivity contribution >= 4 is 27.3 Å². The SMILES string of the molecule is Cc1nn(C)c(C(=O)Nc2cccc(S(N)(=O)=O)c2)c1N. The van der Waals surface area contributed by atoms with Crippen LogP contribution in [0, 0.1) is 6.92 Å². The van der Waals surface area contributed by atoms with E-state index in [-0.39, 0.29) is 16.3 Å². The van der Waals surface area contributed by atoms with E-state index in [1.807, 2.05) is 0 Å². The second-order valence-electron chi connectivity index (χ2n) is 4.50. The number of nitrogens with two attached hydrogens (primary N) is 2. The molecule has 0 aliphatic heterocycles. The number of hydrogen-bond donors (Lipinski definition) is 3. The van der Waals surface area contributed by atoms with Crippen molar-refractivity contribution < 1.29 is 13.2 Å². The second-order valence-corrected chi connectivity index (χ2v) is 6.06. The predicted octanol–water partition coefficient (Wildman–Crippen LogP) is 0.210. The molecule has 1 aromatic carbocycles. The van der Waals surface area contributed by atoms with Crippen LogP contribution in [0.5, 0.6) is 0 Å². The first kappa shape index (κ1) is 15.0. The standard InChI is InChI=1S/C12H15N5O3S/c1-7-10(13)11(17(2)16-7)12(18)15-8-4-3-5-9(6-8)21(14,19)20/h3-6H,13H2,1-2H3,(H,15,18)(H2,14,19,20). The van der Waals surface area contributed by atoms with Crippen LogP contribution in [0.4, 0.5) is 11.4 Å². The van der Waals surface area contributed by atoms with E-state index >= 15 is 0 Å². The van der Waals surface area contributed by atoms with Crippen LogP contribution >= 0.6 is 0 Å². The molecule has 8 nitrogen and oxygen atoms in total. The fourth-order valence-electron chi connectivity index (χ4n) is 1.88. The van der Waals surface area contributed by atoms with Crippen molar-refractivity contribution in [1.82, 2.24) is 9.78 Å². The van der Waals surface area contributed by atoms with Gasteiger partial charge in [0.1, 0.15) is 5.69 Å². The van der Waals surface area contributed by atoms with E-state index in [0.717, 1.165) is 0 Å². The maximum atomic E-state index is 12.2. The Hall–Kier alpha value is -2.39. The zero-order valence-corrected chi connectivity index (χ0v) is 12.3. The van der Waals surface area contributed by atoms with Gasteiger partial charge in [-0.3, -0.25) is 9.48 Å². The van der Waals surface area contributed by atoms with Crippen LogP contribution in [0.2, 0.25) is 0 Å². The topological polar surface area (TPSA) is 133 Å². The summed E-state index contributed by atoms with van der Waals surface area (Å²) in [5.41, 5.74) is 7.11. The molecule has 0 spiro atoms. The van der Waals surface area contributed by atoms with E-state index in [1.54, 1.807) is 20.0 Å². The van der Waals surface area contributed by atoms with Crippen molar-refractivity contribution in [2.45, 2.75) is 11.8 Å². The monoisotopic (exact) mass is 309 g/mol. The Morgan fingerprint density at radius 1 is 1.38 bits per heavy atom. The molecule has 9 heteroatoms. The van der Waals surface area contributed by atoms with Crippen molar-refractivity contribution in [3.8, 4) is 0 Å². The number of aryl methyl sites for hydroxylation is 2. The lowest BCUT2D eigenvalue weighted by atomic mass is 10.2. The highest BCUT2D eigenvalue weighted by atomic mass is 32.2. The Balaban J connectivity index is 2.32. The maximum Gasteiger partial charge on any atom is 0.276 e. The van der Waals surface area contributed by atoms with Gasteiger partial charge in [0.05, 0.1) is 16.3 Å². The Bertz CT molecular complexity index is 810. The Kier molecular flexibility index (Phi) is 3.71. The van der Waals surface area contributed by atoms with E-state index in [1.165, 1.54) is 22.9 Å². The molecule has 0 aliphatic carbocycles. The first-order valence-corrected chi connectivity index (χ1v) is 7.48. The van der Waals surface area contributed by atoms with Crippen LogP contribution in [0.25, 0.3) is 0 Å². The highest BCUT2D eigenvalue weighted by Gasteiger charge is 2.18. The molecule has 0 atom stereocenters. The van der Waals surface area contributed by atoms with Crippen LogP contribution in [-0.4, -0.2) is 24.1 Å². The summed E-state index contributed by atoms with van der Waals surface area (Å²) in [7, 11) is -2.24. The smallest absolute Gasteiger partial charge is 0.276 e. The number of benzene rings is 1. The number of rotatable bonds is 3. The van der Waals surface area contributed by atoms with Gasteiger partial charge < -0.3 is 11.1 Å². The summed E-state index contributed by atoms with van der Waals surface area (Å²) >= 11 is 0. The lowest BCUT2D eigenvalue weighted by molar-refractivity contribution is 0.101. The van der Waals surface area contributed by atoms with E-state index in [4.69, 9.17) is 10.9 Å². The highest BCUT2D eigenvalue weighted by molar-refractivity contribution is 7.89. The molecular weight excluding hydrogens is 294 g/mol. The number of carbonyl (C=O) groups is 1. The van der Waals surface area contributed by atoms with Gasteiger partial charge in [0.15, 0.2) is 0 Å². The zero-order chi connectivity index (χ0) is 15.8. The average molecular weight is 309 g/mol. The molecule has 0 saturated carbocycles. The van der Waals surface area contributed by atoms with E-state index in [0.29, 0.717) is 11.4 Å². The summed E-state index contributed by atoms with van der Waals surface area (Å²) in [4.78, 5) is 12.1. The number of aromatic nitrogens is 2. The van der Waals surface area contributed by atoms with Crippen LogP contribution in [0.3, 0.4) is 0 Å². The molecule has 1 heterocycles. The predicted molar refractivity (Wildman–Crippen MR) is 78.1 cm³/mol. The van der Waals surface area contributed by atoms with Gasteiger partial charge >= 0.3 is 0 Å². The van der Waals surface area contributed by atoms with Gasteiger partial charge in [-0.05, 0) is 25.1 Å². The van der Waals surface area contributed by atoms with Crippen LogP contribution in [0.1, 0.15) is 16.2 Å². The molecular formula is C12H15N5O3S. The van der Waals surface area contributed by atoms with E-state index < -0.39 is 15.9 Å². The van der Waals surface area contributed by atoms with Crippen molar-refractivity contribution in [2.75, 3.05) is 11.1 Å². The summed E-state index contributed by atoms with van der Waals surface area (Å²) in [6.07, 6.45) is 0. The fraction of sp³-hybridized carbons (Fsp3) is 0.167. The number of hydrogen-bond acceptors (Lipinski definition) is 5. The lowest BCUT2D eigenvalue weighted by Crippen LogP contribution is -2.18. The molecule has 0 bridgehead atoms. The third-order valence-corrected chi connectivity index (χ3v) is 3.82. The van der Waals surface area contributed by atoms with Crippen molar-refractivity contribution in [3.63, 3.8) is 0 Å². The summed E-state index contributed by atoms with van der Waals surface area (Å²) in [5, 5.41) is 11.7. The highest BCUT2D eigenvalue weighted by Crippen LogP contribution is 2.19. The van der Waals surface area contributed by atoms with Crippen molar-refractivity contribution in [3.05, 3.63) is 35.7 Å². The summed E-state index contributed by atoms with van der Waals surface area (Å²) in [6, 6.07) is 5.64. The third-order valence-electron chi connectivity index (χ3n) is 2.90. The summed E-state index contributed by atoms with van der Waals surface area (Å²) in [6.45, 7) is 1.69. The molecule has 5 N–H and O–H groups in total. The van der Waals surface area contributed by atoms with Gasteiger partial charge in [0, 0.05) is 12.7 Å². The van der Waals surface area contributed by atoms with Crippen molar-refractivity contribution in [1.29, 1.82) is 0 Å². The summed E-state index contributed by atoms with van der Waals surface area (Å²) < 4.78 is 23.9. The van der Waals surface area contributed by atoms with E-state index in [2.05, 4.69) is 10.4 Å². The van der Waals surface area contributed by atoms with Crippen LogP contribution < -0.4 is 16.2 Å². The van der Waals surface area contributed by atoms with Crippen LogP contribution in [-0.2, 0) is 17.1 Å². The number of amides is 1. The van der Waals surface area contributed by atoms with Gasteiger partial charge in [-0.25, -0.2) is 13.6 Å². The largest absolute Gasteiger partial charge is 0.395 e. The van der Waals surface area contributed by atoms with Gasteiger partial charge in [-0.15, -0.1) is 0 Å². The second kappa shape index (κ2) is 5.19. The minimum absolute atomic E-state index is 0.0885. The molecule has 112 valence electrons. The van der Waals surface area contributed by atoms with Gasteiger partial charge in [-0.2, -0.15) is 5.10 Å².